The maximum atomic E-state index is 12.3. The van der Waals surface area contributed by atoms with Gasteiger partial charge in [0.15, 0.2) is 0 Å². The van der Waals surface area contributed by atoms with E-state index in [4.69, 9.17) is 9.52 Å². The molecule has 2 N–H and O–H groups in total. The van der Waals surface area contributed by atoms with E-state index in [1.54, 1.807) is 4.90 Å². The zero-order valence-corrected chi connectivity index (χ0v) is 13.0. The summed E-state index contributed by atoms with van der Waals surface area (Å²) in [5.74, 6) is -0.410. The fourth-order valence-corrected chi connectivity index (χ4v) is 2.89. The number of piperidine rings is 1. The van der Waals surface area contributed by atoms with Gasteiger partial charge in [0.05, 0.1) is 12.0 Å². The summed E-state index contributed by atoms with van der Waals surface area (Å²) in [5, 5.41) is 12.9. The van der Waals surface area contributed by atoms with Gasteiger partial charge in [0, 0.05) is 18.5 Å². The summed E-state index contributed by atoms with van der Waals surface area (Å²) < 4.78 is 5.76. The van der Waals surface area contributed by atoms with Crippen molar-refractivity contribution in [2.45, 2.75) is 25.8 Å². The summed E-state index contributed by atoms with van der Waals surface area (Å²) in [4.78, 5) is 24.9. The fourth-order valence-electron chi connectivity index (χ4n) is 2.89. The largest absolute Gasteiger partial charge is 0.481 e. The number of amides is 2. The minimum Gasteiger partial charge on any atom is -0.481 e. The number of nitrogens with one attached hydrogen (secondary N) is 1. The van der Waals surface area contributed by atoms with Crippen LogP contribution in [0.5, 0.6) is 0 Å². The molecule has 0 saturated carbocycles. The van der Waals surface area contributed by atoms with Crippen LogP contribution in [0.25, 0.3) is 11.0 Å². The number of furan rings is 1. The second-order valence-corrected chi connectivity index (χ2v) is 5.96. The van der Waals surface area contributed by atoms with Crippen LogP contribution in [-0.4, -0.2) is 35.1 Å². The van der Waals surface area contributed by atoms with Gasteiger partial charge >= 0.3 is 12.0 Å². The smallest absolute Gasteiger partial charge is 0.317 e. The molecule has 1 aliphatic heterocycles. The van der Waals surface area contributed by atoms with Gasteiger partial charge < -0.3 is 19.7 Å². The number of aliphatic carboxylic acids is 1. The number of hydrogen-bond acceptors (Lipinski definition) is 3. The Labute approximate surface area is 134 Å². The molecular formula is C17H20N2O4. The molecule has 0 aliphatic carbocycles. The molecule has 23 heavy (non-hydrogen) atoms. The van der Waals surface area contributed by atoms with Crippen LogP contribution in [0, 0.1) is 5.92 Å². The van der Waals surface area contributed by atoms with E-state index in [9.17, 15) is 9.59 Å². The van der Waals surface area contributed by atoms with E-state index in [2.05, 4.69) is 5.32 Å². The average molecular weight is 316 g/mol. The highest BCUT2D eigenvalue weighted by molar-refractivity contribution is 5.79. The summed E-state index contributed by atoms with van der Waals surface area (Å²) in [6.07, 6.45) is 1.00. The number of para-hydroxylation sites is 1. The molecule has 122 valence electrons. The normalized spacial score (nSPS) is 17.2. The number of carboxylic acid groups (broad SMARTS) is 1. The van der Waals surface area contributed by atoms with Crippen LogP contribution in [0.4, 0.5) is 4.79 Å². The Balaban J connectivity index is 1.60. The van der Waals surface area contributed by atoms with Crippen LogP contribution in [0.15, 0.2) is 34.7 Å². The molecule has 6 nitrogen and oxygen atoms in total. The Morgan fingerprint density at radius 3 is 2.65 bits per heavy atom. The molecule has 1 aromatic heterocycles. The molecule has 1 atom stereocenters. The SMILES string of the molecule is C[C@@H](NC(=O)N1CCC(C(=O)O)CC1)c1cc2ccccc2o1. The van der Waals surface area contributed by atoms with Crippen LogP contribution in [0.3, 0.4) is 0 Å². The van der Waals surface area contributed by atoms with Gasteiger partial charge in [0.1, 0.15) is 11.3 Å². The number of carbonyl (C=O) groups excluding carboxylic acids is 1. The monoisotopic (exact) mass is 316 g/mol. The molecule has 1 aromatic carbocycles. The predicted octanol–water partition coefficient (Wildman–Crippen LogP) is 3.00. The van der Waals surface area contributed by atoms with Gasteiger partial charge in [-0.1, -0.05) is 18.2 Å². The lowest BCUT2D eigenvalue weighted by atomic mass is 9.97. The maximum Gasteiger partial charge on any atom is 0.317 e. The Morgan fingerprint density at radius 1 is 1.30 bits per heavy atom. The van der Waals surface area contributed by atoms with Gasteiger partial charge in [-0.15, -0.1) is 0 Å². The highest BCUT2D eigenvalue weighted by atomic mass is 16.4. The molecule has 1 saturated heterocycles. The molecule has 6 heteroatoms. The maximum absolute atomic E-state index is 12.3. The number of likely N-dealkylation sites (tertiary alicyclic amines) is 1. The molecule has 0 bridgehead atoms. The quantitative estimate of drug-likeness (QED) is 0.912. The minimum atomic E-state index is -0.777. The second-order valence-electron chi connectivity index (χ2n) is 5.96. The molecule has 1 aliphatic rings. The van der Waals surface area contributed by atoms with Gasteiger partial charge in [-0.25, -0.2) is 4.79 Å². The van der Waals surface area contributed by atoms with E-state index >= 15 is 0 Å². The Kier molecular flexibility index (Phi) is 4.23. The summed E-state index contributed by atoms with van der Waals surface area (Å²) >= 11 is 0. The van der Waals surface area contributed by atoms with Crippen molar-refractivity contribution in [2.24, 2.45) is 5.92 Å². The number of urea groups is 1. The highest BCUT2D eigenvalue weighted by Crippen LogP contribution is 2.24. The fraction of sp³-hybridized carbons (Fsp3) is 0.412. The number of carboxylic acids is 1. The lowest BCUT2D eigenvalue weighted by molar-refractivity contribution is -0.143. The van der Waals surface area contributed by atoms with Crippen molar-refractivity contribution in [1.29, 1.82) is 0 Å². The summed E-state index contributed by atoms with van der Waals surface area (Å²) in [7, 11) is 0. The van der Waals surface area contributed by atoms with Gasteiger partial charge in [-0.2, -0.15) is 0 Å². The van der Waals surface area contributed by atoms with Gasteiger partial charge in [-0.3, -0.25) is 4.79 Å². The first-order valence-corrected chi connectivity index (χ1v) is 7.81. The van der Waals surface area contributed by atoms with Gasteiger partial charge in [0.25, 0.3) is 0 Å². The minimum absolute atomic E-state index is 0.179. The van der Waals surface area contributed by atoms with Crippen LogP contribution in [-0.2, 0) is 4.79 Å². The Morgan fingerprint density at radius 2 is 2.00 bits per heavy atom. The lowest BCUT2D eigenvalue weighted by Crippen LogP contribution is -2.46. The highest BCUT2D eigenvalue weighted by Gasteiger charge is 2.27. The van der Waals surface area contributed by atoms with Crippen molar-refractivity contribution < 1.29 is 19.1 Å². The first-order valence-electron chi connectivity index (χ1n) is 7.81. The third-order valence-electron chi connectivity index (χ3n) is 4.34. The number of fused-ring (bicyclic) bond motifs is 1. The number of hydrogen-bond donors (Lipinski definition) is 2. The van der Waals surface area contributed by atoms with E-state index < -0.39 is 5.97 Å². The average Bonchev–Trinajstić information content (AvgIpc) is 2.99. The summed E-state index contributed by atoms with van der Waals surface area (Å²) in [5.41, 5.74) is 0.797. The zero-order valence-electron chi connectivity index (χ0n) is 13.0. The van der Waals surface area contributed by atoms with Crippen molar-refractivity contribution >= 4 is 23.0 Å². The molecule has 0 spiro atoms. The van der Waals surface area contributed by atoms with E-state index in [1.807, 2.05) is 37.3 Å². The van der Waals surface area contributed by atoms with E-state index in [0.29, 0.717) is 31.7 Å². The summed E-state index contributed by atoms with van der Waals surface area (Å²) in [6.45, 7) is 2.81. The van der Waals surface area contributed by atoms with Gasteiger partial charge in [0.2, 0.25) is 0 Å². The third-order valence-corrected chi connectivity index (χ3v) is 4.34. The summed E-state index contributed by atoms with van der Waals surface area (Å²) in [6, 6.07) is 9.21. The first-order chi connectivity index (χ1) is 11.0. The molecule has 1 fully saturated rings. The molecule has 2 amide bonds. The molecule has 2 aromatic rings. The van der Waals surface area contributed by atoms with E-state index in [1.165, 1.54) is 0 Å². The van der Waals surface area contributed by atoms with Crippen LogP contribution in [0.1, 0.15) is 31.6 Å². The Hall–Kier alpha value is -2.50. The molecule has 0 unspecified atom stereocenters. The van der Waals surface area contributed by atoms with Crippen molar-refractivity contribution in [3.8, 4) is 0 Å². The molecule has 2 heterocycles. The standard InChI is InChI=1S/C17H20N2O4/c1-11(15-10-13-4-2-3-5-14(13)23-15)18-17(22)19-8-6-12(7-9-19)16(20)21/h2-5,10-12H,6-9H2,1H3,(H,18,22)(H,20,21)/t11-/m1/s1. The number of benzene rings is 1. The number of nitrogens with zero attached hydrogens (tertiary/aromatic N) is 1. The van der Waals surface area contributed by atoms with E-state index in [-0.39, 0.29) is 18.0 Å². The first kappa shape index (κ1) is 15.4. The lowest BCUT2D eigenvalue weighted by Gasteiger charge is -2.30. The van der Waals surface area contributed by atoms with Crippen molar-refractivity contribution in [2.75, 3.05) is 13.1 Å². The second kappa shape index (κ2) is 6.32. The zero-order chi connectivity index (χ0) is 16.4. The number of rotatable bonds is 3. The third kappa shape index (κ3) is 3.31. The Bertz CT molecular complexity index is 683. The number of carbonyl (C=O) groups is 2. The molecule has 0 radical (unpaired) electrons. The van der Waals surface area contributed by atoms with Crippen molar-refractivity contribution in [1.82, 2.24) is 10.2 Å². The predicted molar refractivity (Wildman–Crippen MR) is 85.1 cm³/mol. The molecule has 3 rings (SSSR count). The van der Waals surface area contributed by atoms with Crippen LogP contribution in [0.2, 0.25) is 0 Å². The van der Waals surface area contributed by atoms with Crippen LogP contribution < -0.4 is 5.32 Å². The topological polar surface area (TPSA) is 82.8 Å². The van der Waals surface area contributed by atoms with Crippen LogP contribution >= 0.6 is 0 Å². The van der Waals surface area contributed by atoms with E-state index in [0.717, 1.165) is 11.0 Å². The van der Waals surface area contributed by atoms with Gasteiger partial charge in [-0.05, 0) is 31.9 Å². The molecular weight excluding hydrogens is 296 g/mol. The van der Waals surface area contributed by atoms with Crippen molar-refractivity contribution in [3.05, 3.63) is 36.1 Å². The van der Waals surface area contributed by atoms with Crippen molar-refractivity contribution in [3.63, 3.8) is 0 Å².